The Hall–Kier alpha value is -0.720. The summed E-state index contributed by atoms with van der Waals surface area (Å²) in [5, 5.41) is 12.4. The van der Waals surface area contributed by atoms with E-state index in [1.54, 1.807) is 0 Å². The highest BCUT2D eigenvalue weighted by Crippen LogP contribution is 2.25. The van der Waals surface area contributed by atoms with Gasteiger partial charge in [0.15, 0.2) is 0 Å². The van der Waals surface area contributed by atoms with Gasteiger partial charge >= 0.3 is 0 Å². The summed E-state index contributed by atoms with van der Waals surface area (Å²) in [4.78, 5) is 0. The predicted molar refractivity (Wildman–Crippen MR) is 62.4 cm³/mol. The van der Waals surface area contributed by atoms with E-state index in [0.29, 0.717) is 11.6 Å². The fourth-order valence-corrected chi connectivity index (χ4v) is 1.68. The highest BCUT2D eigenvalue weighted by atomic mass is 79.9. The van der Waals surface area contributed by atoms with Gasteiger partial charge in [-0.15, -0.1) is 0 Å². The van der Waals surface area contributed by atoms with Crippen molar-refractivity contribution >= 4 is 33.2 Å². The molecule has 0 bridgehead atoms. The minimum Gasteiger partial charge on any atom is -0.383 e. The molecule has 0 radical (unpaired) electrons. The van der Waals surface area contributed by atoms with E-state index in [4.69, 9.17) is 16.9 Å². The van der Waals surface area contributed by atoms with E-state index >= 15 is 0 Å². The van der Waals surface area contributed by atoms with Gasteiger partial charge in [0.05, 0.1) is 22.7 Å². The Bertz CT molecular complexity index is 360. The quantitative estimate of drug-likeness (QED) is 0.912. The average molecular weight is 274 g/mol. The number of nitrogens with one attached hydrogen (secondary N) is 1. The van der Waals surface area contributed by atoms with Crippen LogP contribution in [-0.2, 0) is 0 Å². The Kier molecular flexibility index (Phi) is 4.24. The summed E-state index contributed by atoms with van der Waals surface area (Å²) in [6.45, 7) is 2.47. The van der Waals surface area contributed by atoms with E-state index in [1.807, 2.05) is 25.1 Å². The van der Waals surface area contributed by atoms with Crippen molar-refractivity contribution < 1.29 is 0 Å². The largest absolute Gasteiger partial charge is 0.383 e. The number of anilines is 1. The molecule has 0 aliphatic rings. The number of benzene rings is 1. The molecular formula is C10H10BrClN2. The highest BCUT2D eigenvalue weighted by molar-refractivity contribution is 9.10. The number of hydrogen-bond acceptors (Lipinski definition) is 2. The summed E-state index contributed by atoms with van der Waals surface area (Å²) in [5.74, 6) is -0.0188. The van der Waals surface area contributed by atoms with Gasteiger partial charge in [0.25, 0.3) is 0 Å². The maximum atomic E-state index is 8.60. The van der Waals surface area contributed by atoms with Crippen molar-refractivity contribution in [3.8, 4) is 6.07 Å². The second kappa shape index (κ2) is 5.23. The Morgan fingerprint density at radius 2 is 2.36 bits per heavy atom. The van der Waals surface area contributed by atoms with Gasteiger partial charge in [-0.05, 0) is 25.1 Å². The molecular weight excluding hydrogens is 263 g/mol. The van der Waals surface area contributed by atoms with Crippen LogP contribution >= 0.6 is 27.5 Å². The van der Waals surface area contributed by atoms with Gasteiger partial charge in [-0.1, -0.05) is 27.5 Å². The Morgan fingerprint density at radius 3 is 2.93 bits per heavy atom. The summed E-state index contributed by atoms with van der Waals surface area (Å²) in [5.41, 5.74) is 0.858. The van der Waals surface area contributed by atoms with Crippen LogP contribution in [0.4, 0.5) is 5.69 Å². The maximum Gasteiger partial charge on any atom is 0.0671 e. The number of nitriles is 1. The molecule has 2 nitrogen and oxygen atoms in total. The molecule has 1 aromatic carbocycles. The summed E-state index contributed by atoms with van der Waals surface area (Å²) in [6.07, 6.45) is 0. The van der Waals surface area contributed by atoms with Crippen LogP contribution in [0.1, 0.15) is 6.92 Å². The molecule has 0 aromatic heterocycles. The normalized spacial score (nSPS) is 11.9. The zero-order chi connectivity index (χ0) is 10.6. The highest BCUT2D eigenvalue weighted by Gasteiger charge is 2.02. The first-order chi connectivity index (χ1) is 6.63. The molecule has 4 heteroatoms. The molecule has 0 amide bonds. The van der Waals surface area contributed by atoms with Crippen LogP contribution < -0.4 is 5.32 Å². The molecule has 1 aromatic rings. The fraction of sp³-hybridized carbons (Fsp3) is 0.300. The summed E-state index contributed by atoms with van der Waals surface area (Å²) in [7, 11) is 0. The first-order valence-corrected chi connectivity index (χ1v) is 5.39. The van der Waals surface area contributed by atoms with Gasteiger partial charge in [-0.3, -0.25) is 0 Å². The lowest BCUT2D eigenvalue weighted by Crippen LogP contribution is -2.09. The van der Waals surface area contributed by atoms with Crippen LogP contribution in [0.25, 0.3) is 0 Å². The van der Waals surface area contributed by atoms with E-state index in [0.717, 1.165) is 10.2 Å². The molecule has 0 heterocycles. The zero-order valence-electron chi connectivity index (χ0n) is 7.72. The predicted octanol–water partition coefficient (Wildman–Crippen LogP) is 3.67. The van der Waals surface area contributed by atoms with Gasteiger partial charge in [-0.2, -0.15) is 5.26 Å². The standard InChI is InChI=1S/C10H10BrClN2/c1-7(5-13)6-14-10-3-2-8(11)4-9(10)12/h2-4,7,14H,6H2,1H3. The van der Waals surface area contributed by atoms with E-state index in [-0.39, 0.29) is 5.92 Å². The third kappa shape index (κ3) is 3.21. The molecule has 74 valence electrons. The smallest absolute Gasteiger partial charge is 0.0671 e. The Morgan fingerprint density at radius 1 is 1.64 bits per heavy atom. The number of halogens is 2. The van der Waals surface area contributed by atoms with E-state index in [2.05, 4.69) is 27.3 Å². The lowest BCUT2D eigenvalue weighted by atomic mass is 10.2. The summed E-state index contributed by atoms with van der Waals surface area (Å²) < 4.78 is 0.946. The molecule has 1 N–H and O–H groups in total. The molecule has 0 aliphatic heterocycles. The van der Waals surface area contributed by atoms with E-state index < -0.39 is 0 Å². The minimum absolute atomic E-state index is 0.0188. The lowest BCUT2D eigenvalue weighted by Gasteiger charge is -2.09. The monoisotopic (exact) mass is 272 g/mol. The maximum absolute atomic E-state index is 8.60. The summed E-state index contributed by atoms with van der Waals surface area (Å²) in [6, 6.07) is 7.76. The third-order valence-electron chi connectivity index (χ3n) is 1.75. The second-order valence-corrected chi connectivity index (χ2v) is 4.36. The molecule has 14 heavy (non-hydrogen) atoms. The molecule has 0 aliphatic carbocycles. The molecule has 0 fully saturated rings. The second-order valence-electron chi connectivity index (χ2n) is 3.04. The lowest BCUT2D eigenvalue weighted by molar-refractivity contribution is 0.786. The first-order valence-electron chi connectivity index (χ1n) is 4.22. The van der Waals surface area contributed by atoms with Crippen molar-refractivity contribution in [1.29, 1.82) is 5.26 Å². The van der Waals surface area contributed by atoms with Crippen LogP contribution in [-0.4, -0.2) is 6.54 Å². The third-order valence-corrected chi connectivity index (χ3v) is 2.56. The van der Waals surface area contributed by atoms with Crippen LogP contribution in [0, 0.1) is 17.2 Å². The number of rotatable bonds is 3. The van der Waals surface area contributed by atoms with E-state index in [1.165, 1.54) is 0 Å². The SMILES string of the molecule is CC(C#N)CNc1ccc(Br)cc1Cl. The number of nitrogens with zero attached hydrogens (tertiary/aromatic N) is 1. The van der Waals surface area contributed by atoms with Crippen molar-refractivity contribution in [1.82, 2.24) is 0 Å². The topological polar surface area (TPSA) is 35.8 Å². The van der Waals surface area contributed by atoms with Crippen LogP contribution in [0.15, 0.2) is 22.7 Å². The molecule has 1 atom stereocenters. The summed E-state index contributed by atoms with van der Waals surface area (Å²) >= 11 is 9.31. The first kappa shape index (κ1) is 11.4. The molecule has 0 saturated carbocycles. The van der Waals surface area contributed by atoms with Crippen molar-refractivity contribution in [3.63, 3.8) is 0 Å². The average Bonchev–Trinajstić information content (AvgIpc) is 2.16. The van der Waals surface area contributed by atoms with Crippen LogP contribution in [0.3, 0.4) is 0 Å². The van der Waals surface area contributed by atoms with Crippen molar-refractivity contribution in [2.75, 3.05) is 11.9 Å². The number of hydrogen-bond donors (Lipinski definition) is 1. The van der Waals surface area contributed by atoms with Crippen molar-refractivity contribution in [2.45, 2.75) is 6.92 Å². The van der Waals surface area contributed by atoms with Crippen molar-refractivity contribution in [2.24, 2.45) is 5.92 Å². The Labute approximate surface area is 97.0 Å². The van der Waals surface area contributed by atoms with Gasteiger partial charge in [0.2, 0.25) is 0 Å². The molecule has 0 spiro atoms. The Balaban J connectivity index is 2.64. The fourth-order valence-electron chi connectivity index (χ4n) is 0.942. The van der Waals surface area contributed by atoms with Gasteiger partial charge in [-0.25, -0.2) is 0 Å². The van der Waals surface area contributed by atoms with Gasteiger partial charge in [0, 0.05) is 11.0 Å². The zero-order valence-corrected chi connectivity index (χ0v) is 10.1. The van der Waals surface area contributed by atoms with Gasteiger partial charge < -0.3 is 5.32 Å². The van der Waals surface area contributed by atoms with E-state index in [9.17, 15) is 0 Å². The van der Waals surface area contributed by atoms with Gasteiger partial charge in [0.1, 0.15) is 0 Å². The van der Waals surface area contributed by atoms with Crippen LogP contribution in [0.5, 0.6) is 0 Å². The molecule has 1 unspecified atom stereocenters. The van der Waals surface area contributed by atoms with Crippen LogP contribution in [0.2, 0.25) is 5.02 Å². The minimum atomic E-state index is -0.0188. The molecule has 1 rings (SSSR count). The van der Waals surface area contributed by atoms with Crippen molar-refractivity contribution in [3.05, 3.63) is 27.7 Å². The molecule has 0 saturated heterocycles.